The smallest absolute Gasteiger partial charge is 0.407 e. The van der Waals surface area contributed by atoms with Gasteiger partial charge in [0.25, 0.3) is 5.91 Å². The molecule has 1 aromatic rings. The summed E-state index contributed by atoms with van der Waals surface area (Å²) >= 11 is 2.19. The third kappa shape index (κ3) is 11.5. The lowest BCUT2D eigenvalue weighted by Gasteiger charge is -2.30. The highest BCUT2D eigenvalue weighted by Crippen LogP contribution is 2.19. The third-order valence-electron chi connectivity index (χ3n) is 4.45. The van der Waals surface area contributed by atoms with E-state index in [-0.39, 0.29) is 6.54 Å². The molecule has 0 spiro atoms. The van der Waals surface area contributed by atoms with E-state index in [1.165, 1.54) is 0 Å². The molecule has 1 aromatic carbocycles. The summed E-state index contributed by atoms with van der Waals surface area (Å²) in [5, 5.41) is 24.6. The fourth-order valence-electron chi connectivity index (χ4n) is 2.87. The molecule has 1 rings (SSSR count). The number of hydrazine groups is 1. The van der Waals surface area contributed by atoms with E-state index in [1.54, 1.807) is 41.5 Å². The Kier molecular flexibility index (Phi) is 10.8. The van der Waals surface area contributed by atoms with Gasteiger partial charge in [0.15, 0.2) is 0 Å². The van der Waals surface area contributed by atoms with Crippen LogP contribution in [0.25, 0.3) is 0 Å². The van der Waals surface area contributed by atoms with Crippen LogP contribution in [0.4, 0.5) is 9.59 Å². The van der Waals surface area contributed by atoms with Crippen molar-refractivity contribution < 1.29 is 29.3 Å². The molecule has 0 heterocycles. The summed E-state index contributed by atoms with van der Waals surface area (Å²) in [6.07, 6.45) is -2.74. The summed E-state index contributed by atoms with van der Waals surface area (Å²) in [6, 6.07) is 5.93. The molecule has 0 aliphatic rings. The van der Waals surface area contributed by atoms with E-state index in [4.69, 9.17) is 9.84 Å². The maximum Gasteiger partial charge on any atom is 0.407 e. The monoisotopic (exact) mass is 578 g/mol. The van der Waals surface area contributed by atoms with Crippen molar-refractivity contribution in [1.29, 1.82) is 0 Å². The Bertz CT molecular complexity index is 805. The molecule has 0 bridgehead atoms. The summed E-state index contributed by atoms with van der Waals surface area (Å²) in [5.74, 6) is -0.591. The van der Waals surface area contributed by atoms with Crippen LogP contribution in [-0.2, 0) is 16.0 Å². The molecule has 0 aliphatic carbocycles. The molecular formula is C22H35IN4O6. The second-order valence-electron chi connectivity index (χ2n) is 9.77. The molecule has 3 unspecified atom stereocenters. The Hall–Kier alpha value is -2.12. The van der Waals surface area contributed by atoms with Crippen LogP contribution >= 0.6 is 22.6 Å². The van der Waals surface area contributed by atoms with E-state index < -0.39 is 47.3 Å². The van der Waals surface area contributed by atoms with Gasteiger partial charge in [-0.25, -0.2) is 15.0 Å². The number of carbonyl (C=O) groups excluding carboxylic acids is 2. The second kappa shape index (κ2) is 12.4. The summed E-state index contributed by atoms with van der Waals surface area (Å²) in [7, 11) is 0. The number of ether oxygens (including phenoxy) is 1. The van der Waals surface area contributed by atoms with Crippen molar-refractivity contribution >= 4 is 40.7 Å². The van der Waals surface area contributed by atoms with Crippen LogP contribution in [0.5, 0.6) is 0 Å². The molecular weight excluding hydrogens is 543 g/mol. The van der Waals surface area contributed by atoms with Crippen LogP contribution in [0.2, 0.25) is 0 Å². The van der Waals surface area contributed by atoms with Crippen LogP contribution in [-0.4, -0.2) is 58.6 Å². The number of benzene rings is 1. The Morgan fingerprint density at radius 2 is 1.61 bits per heavy atom. The quantitative estimate of drug-likeness (QED) is 0.195. The molecule has 3 amide bonds. The first-order valence-electron chi connectivity index (χ1n) is 10.5. The van der Waals surface area contributed by atoms with Gasteiger partial charge < -0.3 is 25.6 Å². The van der Waals surface area contributed by atoms with Gasteiger partial charge >= 0.3 is 12.2 Å². The Morgan fingerprint density at radius 1 is 1.03 bits per heavy atom. The lowest BCUT2D eigenvalue weighted by Crippen LogP contribution is -2.58. The molecule has 33 heavy (non-hydrogen) atoms. The zero-order valence-corrected chi connectivity index (χ0v) is 22.0. The average Bonchev–Trinajstić information content (AvgIpc) is 2.64. The number of halogens is 1. The summed E-state index contributed by atoms with van der Waals surface area (Å²) in [5.41, 5.74) is 4.58. The van der Waals surface area contributed by atoms with Crippen molar-refractivity contribution in [2.24, 2.45) is 5.41 Å². The zero-order valence-electron chi connectivity index (χ0n) is 19.9. The minimum atomic E-state index is -1.32. The standard InChI is InChI=1S/C22H35IN4O6/c1-21(2,3)17(26-19(30)31)18(29)27-24-12-16(28)15(25-20(32)33-22(4,5)6)11-13-7-9-14(23)10-8-13/h7-10,15-17,24,26,28H,11-12H2,1-6H3,(H,25,32)(H,27,29)(H,30,31). The molecule has 0 radical (unpaired) electrons. The van der Waals surface area contributed by atoms with E-state index in [0.717, 1.165) is 9.13 Å². The summed E-state index contributed by atoms with van der Waals surface area (Å²) in [4.78, 5) is 35.8. The maximum absolute atomic E-state index is 12.5. The van der Waals surface area contributed by atoms with Crippen molar-refractivity contribution in [2.45, 2.75) is 71.8 Å². The predicted molar refractivity (Wildman–Crippen MR) is 133 cm³/mol. The number of rotatable bonds is 9. The predicted octanol–water partition coefficient (Wildman–Crippen LogP) is 2.39. The highest BCUT2D eigenvalue weighted by molar-refractivity contribution is 14.1. The number of hydrogen-bond acceptors (Lipinski definition) is 6. The molecule has 0 saturated carbocycles. The second-order valence-corrected chi connectivity index (χ2v) is 11.0. The average molecular weight is 578 g/mol. The van der Waals surface area contributed by atoms with Gasteiger partial charge in [0.1, 0.15) is 11.6 Å². The first-order chi connectivity index (χ1) is 15.1. The Morgan fingerprint density at radius 3 is 2.09 bits per heavy atom. The fourth-order valence-corrected chi connectivity index (χ4v) is 3.23. The highest BCUT2D eigenvalue weighted by Gasteiger charge is 2.33. The summed E-state index contributed by atoms with van der Waals surface area (Å²) in [6.45, 7) is 10.3. The van der Waals surface area contributed by atoms with Crippen LogP contribution < -0.4 is 21.5 Å². The van der Waals surface area contributed by atoms with Gasteiger partial charge in [-0.05, 0) is 72.9 Å². The van der Waals surface area contributed by atoms with Crippen LogP contribution in [0.1, 0.15) is 47.1 Å². The van der Waals surface area contributed by atoms with E-state index in [9.17, 15) is 19.5 Å². The van der Waals surface area contributed by atoms with Crippen molar-refractivity contribution in [3.8, 4) is 0 Å². The maximum atomic E-state index is 12.5. The van der Waals surface area contributed by atoms with Gasteiger partial charge in [-0.2, -0.15) is 0 Å². The van der Waals surface area contributed by atoms with E-state index >= 15 is 0 Å². The number of nitrogens with one attached hydrogen (secondary N) is 4. The lowest BCUT2D eigenvalue weighted by molar-refractivity contribution is -0.126. The number of aliphatic hydroxyl groups excluding tert-OH is 1. The van der Waals surface area contributed by atoms with E-state index in [1.807, 2.05) is 24.3 Å². The lowest BCUT2D eigenvalue weighted by atomic mass is 9.86. The largest absolute Gasteiger partial charge is 0.465 e. The fraction of sp³-hybridized carbons (Fsp3) is 0.591. The highest BCUT2D eigenvalue weighted by atomic mass is 127. The zero-order chi connectivity index (χ0) is 25.4. The first-order valence-corrected chi connectivity index (χ1v) is 11.6. The van der Waals surface area contributed by atoms with Crippen molar-refractivity contribution in [1.82, 2.24) is 21.5 Å². The molecule has 11 heteroatoms. The molecule has 10 nitrogen and oxygen atoms in total. The van der Waals surface area contributed by atoms with Gasteiger partial charge in [0.2, 0.25) is 0 Å². The van der Waals surface area contributed by atoms with Crippen molar-refractivity contribution in [3.63, 3.8) is 0 Å². The molecule has 6 N–H and O–H groups in total. The van der Waals surface area contributed by atoms with Gasteiger partial charge in [-0.3, -0.25) is 10.2 Å². The number of amides is 3. The van der Waals surface area contributed by atoms with Gasteiger partial charge in [-0.15, -0.1) is 0 Å². The number of hydrogen-bond donors (Lipinski definition) is 6. The van der Waals surface area contributed by atoms with E-state index in [0.29, 0.717) is 6.42 Å². The molecule has 0 saturated heterocycles. The number of carbonyl (C=O) groups is 3. The minimum absolute atomic E-state index is 0.0967. The molecule has 186 valence electrons. The Labute approximate surface area is 208 Å². The van der Waals surface area contributed by atoms with E-state index in [2.05, 4.69) is 44.1 Å². The molecule has 0 aromatic heterocycles. The summed E-state index contributed by atoms with van der Waals surface area (Å²) < 4.78 is 6.36. The minimum Gasteiger partial charge on any atom is -0.465 e. The first kappa shape index (κ1) is 28.9. The van der Waals surface area contributed by atoms with Crippen molar-refractivity contribution in [2.75, 3.05) is 6.54 Å². The van der Waals surface area contributed by atoms with Crippen LogP contribution in [0.3, 0.4) is 0 Å². The van der Waals surface area contributed by atoms with Gasteiger partial charge in [-0.1, -0.05) is 32.9 Å². The number of alkyl carbamates (subject to hydrolysis) is 1. The Balaban J connectivity index is 2.82. The van der Waals surface area contributed by atoms with Gasteiger partial charge in [0.05, 0.1) is 12.1 Å². The van der Waals surface area contributed by atoms with Crippen LogP contribution in [0.15, 0.2) is 24.3 Å². The van der Waals surface area contributed by atoms with Crippen LogP contribution in [0, 0.1) is 8.99 Å². The number of carboxylic acid groups (broad SMARTS) is 1. The topological polar surface area (TPSA) is 149 Å². The van der Waals surface area contributed by atoms with Crippen molar-refractivity contribution in [3.05, 3.63) is 33.4 Å². The SMILES string of the molecule is CC(C)(C)OC(=O)NC(Cc1ccc(I)cc1)C(O)CNNC(=O)C(NC(=O)O)C(C)(C)C. The third-order valence-corrected chi connectivity index (χ3v) is 5.17. The molecule has 0 aliphatic heterocycles. The molecule has 0 fully saturated rings. The molecule has 3 atom stereocenters. The van der Waals surface area contributed by atoms with Gasteiger partial charge in [0, 0.05) is 10.1 Å². The normalized spacial score (nSPS) is 14.5. The number of aliphatic hydroxyl groups is 1.